The Morgan fingerprint density at radius 2 is 1.73 bits per heavy atom. The van der Waals surface area contributed by atoms with Crippen LogP contribution in [-0.2, 0) is 9.59 Å². The molecule has 4 rings (SSSR count). The molecule has 6 nitrogen and oxygen atoms in total. The maximum absolute atomic E-state index is 14.5. The number of aliphatic hydroxyl groups excluding tert-OH is 1. The maximum atomic E-state index is 14.5. The van der Waals surface area contributed by atoms with Crippen LogP contribution in [0.25, 0.3) is 5.76 Å². The van der Waals surface area contributed by atoms with E-state index in [9.17, 15) is 28.6 Å². The zero-order valence-corrected chi connectivity index (χ0v) is 15.3. The topological polar surface area (TPSA) is 90.7 Å². The van der Waals surface area contributed by atoms with Crippen molar-refractivity contribution < 1.29 is 28.6 Å². The quantitative estimate of drug-likeness (QED) is 0.392. The Labute approximate surface area is 169 Å². The van der Waals surface area contributed by atoms with Gasteiger partial charge in [0.05, 0.1) is 17.3 Å². The number of hydrogen-bond acceptors (Lipinski definition) is 5. The van der Waals surface area contributed by atoms with Crippen molar-refractivity contribution in [3.63, 3.8) is 0 Å². The number of phenols is 1. The summed E-state index contributed by atoms with van der Waals surface area (Å²) in [6.07, 6.45) is 2.78. The molecule has 30 heavy (non-hydrogen) atoms. The van der Waals surface area contributed by atoms with Crippen LogP contribution >= 0.6 is 0 Å². The summed E-state index contributed by atoms with van der Waals surface area (Å²) in [4.78, 5) is 30.3. The zero-order valence-electron chi connectivity index (χ0n) is 15.3. The SMILES string of the molecule is O=C1C(=O)N(c2cc(F)ccc2F)C(c2cccc(O)c2)/C1=C(\O)c1ccncc1. The van der Waals surface area contributed by atoms with E-state index in [4.69, 9.17) is 0 Å². The standard InChI is InChI=1S/C22H14F2N2O4/c23-14-4-5-16(24)17(11-14)26-19(13-2-1-3-15(27)10-13)18(21(29)22(26)30)20(28)12-6-8-25-9-7-12/h1-11,19,27-28H/b20-18+. The number of aromatic hydroxyl groups is 1. The van der Waals surface area contributed by atoms with Gasteiger partial charge in [0.15, 0.2) is 0 Å². The van der Waals surface area contributed by atoms with Crippen molar-refractivity contribution >= 4 is 23.1 Å². The van der Waals surface area contributed by atoms with E-state index in [-0.39, 0.29) is 22.4 Å². The number of phenolic OH excluding ortho intramolecular Hbond substituents is 1. The number of benzene rings is 2. The molecule has 3 aromatic rings. The number of halogens is 2. The highest BCUT2D eigenvalue weighted by atomic mass is 19.1. The van der Waals surface area contributed by atoms with Gasteiger partial charge in [0.1, 0.15) is 23.1 Å². The van der Waals surface area contributed by atoms with E-state index in [2.05, 4.69) is 4.98 Å². The molecule has 8 heteroatoms. The van der Waals surface area contributed by atoms with E-state index in [1.165, 1.54) is 48.8 Å². The van der Waals surface area contributed by atoms with Gasteiger partial charge in [-0.2, -0.15) is 0 Å². The number of nitrogens with zero attached hydrogens (tertiary/aromatic N) is 2. The number of carbonyl (C=O) groups excluding carboxylic acids is 2. The van der Waals surface area contributed by atoms with Crippen molar-refractivity contribution in [2.45, 2.75) is 6.04 Å². The molecule has 1 saturated heterocycles. The molecule has 0 aliphatic carbocycles. The molecule has 0 saturated carbocycles. The van der Waals surface area contributed by atoms with Gasteiger partial charge >= 0.3 is 0 Å². The molecule has 1 aliphatic rings. The van der Waals surface area contributed by atoms with Crippen LogP contribution in [0.2, 0.25) is 0 Å². The van der Waals surface area contributed by atoms with Crippen LogP contribution < -0.4 is 4.90 Å². The Kier molecular flexibility index (Phi) is 4.75. The molecule has 150 valence electrons. The van der Waals surface area contributed by atoms with Gasteiger partial charge < -0.3 is 10.2 Å². The van der Waals surface area contributed by atoms with Crippen molar-refractivity contribution in [3.8, 4) is 5.75 Å². The third-order valence-corrected chi connectivity index (χ3v) is 4.75. The van der Waals surface area contributed by atoms with Gasteiger partial charge in [-0.15, -0.1) is 0 Å². The molecule has 1 unspecified atom stereocenters. The number of Topliss-reactive ketones (excluding diaryl/α,β-unsaturated/α-hetero) is 1. The summed E-state index contributed by atoms with van der Waals surface area (Å²) in [6, 6.07) is 9.73. The average Bonchev–Trinajstić information content (AvgIpc) is 3.01. The fourth-order valence-corrected chi connectivity index (χ4v) is 3.43. The number of hydrogen-bond donors (Lipinski definition) is 2. The van der Waals surface area contributed by atoms with Gasteiger partial charge in [-0.05, 0) is 42.0 Å². The molecule has 1 fully saturated rings. The second-order valence-corrected chi connectivity index (χ2v) is 6.60. The van der Waals surface area contributed by atoms with Gasteiger partial charge in [0, 0.05) is 24.0 Å². The summed E-state index contributed by atoms with van der Waals surface area (Å²) >= 11 is 0. The van der Waals surface area contributed by atoms with E-state index in [1.807, 2.05) is 0 Å². The van der Waals surface area contributed by atoms with Crippen molar-refractivity contribution in [3.05, 3.63) is 95.3 Å². The molecule has 1 aliphatic heterocycles. The van der Waals surface area contributed by atoms with Crippen LogP contribution in [0.4, 0.5) is 14.5 Å². The zero-order chi connectivity index (χ0) is 21.4. The Bertz CT molecular complexity index is 1190. The molecule has 2 N–H and O–H groups in total. The lowest BCUT2D eigenvalue weighted by Crippen LogP contribution is -2.30. The highest BCUT2D eigenvalue weighted by Crippen LogP contribution is 2.43. The highest BCUT2D eigenvalue weighted by molar-refractivity contribution is 6.51. The molecule has 0 spiro atoms. The predicted molar refractivity (Wildman–Crippen MR) is 103 cm³/mol. The lowest BCUT2D eigenvalue weighted by atomic mass is 9.95. The van der Waals surface area contributed by atoms with Gasteiger partial charge in [-0.3, -0.25) is 19.5 Å². The maximum Gasteiger partial charge on any atom is 0.300 e. The van der Waals surface area contributed by atoms with E-state index < -0.39 is 40.8 Å². The van der Waals surface area contributed by atoms with E-state index in [0.29, 0.717) is 0 Å². The first-order chi connectivity index (χ1) is 14.4. The van der Waals surface area contributed by atoms with Crippen LogP contribution in [-0.4, -0.2) is 26.9 Å². The molecule has 0 bridgehead atoms. The average molecular weight is 408 g/mol. The van der Waals surface area contributed by atoms with Crippen molar-refractivity contribution in [1.82, 2.24) is 4.98 Å². The monoisotopic (exact) mass is 408 g/mol. The smallest absolute Gasteiger partial charge is 0.300 e. The van der Waals surface area contributed by atoms with Crippen LogP contribution in [0.5, 0.6) is 5.75 Å². The fraction of sp³-hybridized carbons (Fsp3) is 0.0455. The van der Waals surface area contributed by atoms with Gasteiger partial charge in [-0.1, -0.05) is 12.1 Å². The Morgan fingerprint density at radius 1 is 1.00 bits per heavy atom. The normalized spacial score (nSPS) is 18.1. The number of anilines is 1. The third-order valence-electron chi connectivity index (χ3n) is 4.75. The minimum Gasteiger partial charge on any atom is -0.508 e. The summed E-state index contributed by atoms with van der Waals surface area (Å²) in [5.41, 5.74) is -0.332. The number of carbonyl (C=O) groups is 2. The van der Waals surface area contributed by atoms with Crippen LogP contribution in [0, 0.1) is 11.6 Å². The van der Waals surface area contributed by atoms with Crippen molar-refractivity contribution in [2.75, 3.05) is 4.90 Å². The molecule has 2 aromatic carbocycles. The van der Waals surface area contributed by atoms with Crippen molar-refractivity contribution in [2.24, 2.45) is 0 Å². The molecule has 1 aromatic heterocycles. The van der Waals surface area contributed by atoms with E-state index >= 15 is 0 Å². The number of pyridine rings is 1. The summed E-state index contributed by atoms with van der Waals surface area (Å²) < 4.78 is 28.4. The minimum atomic E-state index is -1.29. The number of ketones is 1. The summed E-state index contributed by atoms with van der Waals surface area (Å²) in [5.74, 6) is -4.60. The fourth-order valence-electron chi connectivity index (χ4n) is 3.43. The summed E-state index contributed by atoms with van der Waals surface area (Å²) in [7, 11) is 0. The largest absolute Gasteiger partial charge is 0.508 e. The van der Waals surface area contributed by atoms with Gasteiger partial charge in [-0.25, -0.2) is 8.78 Å². The third kappa shape index (κ3) is 3.18. The van der Waals surface area contributed by atoms with Gasteiger partial charge in [0.2, 0.25) is 0 Å². The van der Waals surface area contributed by atoms with E-state index in [0.717, 1.165) is 23.1 Å². The molecule has 2 heterocycles. The number of amides is 1. The Balaban J connectivity index is 2.00. The molecule has 1 amide bonds. The lowest BCUT2D eigenvalue weighted by molar-refractivity contribution is -0.132. The molecule has 0 radical (unpaired) electrons. The summed E-state index contributed by atoms with van der Waals surface area (Å²) in [6.45, 7) is 0. The number of rotatable bonds is 3. The number of aromatic nitrogens is 1. The molecule has 1 atom stereocenters. The minimum absolute atomic E-state index is 0.165. The lowest BCUT2D eigenvalue weighted by Gasteiger charge is -2.25. The van der Waals surface area contributed by atoms with E-state index in [1.54, 1.807) is 0 Å². The van der Waals surface area contributed by atoms with Gasteiger partial charge in [0.25, 0.3) is 11.7 Å². The number of aliphatic hydroxyl groups is 1. The summed E-state index contributed by atoms with van der Waals surface area (Å²) in [5, 5.41) is 20.7. The first-order valence-electron chi connectivity index (χ1n) is 8.84. The second-order valence-electron chi connectivity index (χ2n) is 6.60. The highest BCUT2D eigenvalue weighted by Gasteiger charge is 2.47. The second kappa shape index (κ2) is 7.40. The molecular weight excluding hydrogens is 394 g/mol. The van der Waals surface area contributed by atoms with Crippen molar-refractivity contribution in [1.29, 1.82) is 0 Å². The van der Waals surface area contributed by atoms with Crippen LogP contribution in [0.15, 0.2) is 72.6 Å². The first-order valence-corrected chi connectivity index (χ1v) is 8.84. The Morgan fingerprint density at radius 3 is 2.43 bits per heavy atom. The Hall–Kier alpha value is -4.07. The van der Waals surface area contributed by atoms with Crippen LogP contribution in [0.3, 0.4) is 0 Å². The first kappa shape index (κ1) is 19.3. The van der Waals surface area contributed by atoms with Crippen LogP contribution in [0.1, 0.15) is 17.2 Å². The molecular formula is C22H14F2N2O4. The predicted octanol–water partition coefficient (Wildman–Crippen LogP) is 3.69.